The fraction of sp³-hybridized carbons (Fsp3) is 0.565. The maximum atomic E-state index is 3.96. The molecule has 1 heterocycles. The van der Waals surface area contributed by atoms with E-state index in [1.807, 2.05) is 0 Å². The first-order valence-corrected chi connectivity index (χ1v) is 9.46. The first-order valence-electron chi connectivity index (χ1n) is 9.46. The van der Waals surface area contributed by atoms with Gasteiger partial charge in [-0.1, -0.05) is 72.7 Å². The zero-order chi connectivity index (χ0) is 17.8. The zero-order valence-corrected chi connectivity index (χ0v) is 16.6. The Morgan fingerprint density at radius 3 is 2.12 bits per heavy atom. The molecule has 0 amide bonds. The minimum absolute atomic E-state index is 0.242. The summed E-state index contributed by atoms with van der Waals surface area (Å²) in [7, 11) is 0. The summed E-state index contributed by atoms with van der Waals surface area (Å²) < 4.78 is 0. The van der Waals surface area contributed by atoms with Gasteiger partial charge in [-0.3, -0.25) is 0 Å². The SMILES string of the molecule is Cc1c([C@H](C)C(C)C)c2c(c3ccccc13)[C@H](C)C(C(C)(C)C)N2. The number of fused-ring (bicyclic) bond motifs is 3. The summed E-state index contributed by atoms with van der Waals surface area (Å²) in [5.74, 6) is 1.73. The number of anilines is 1. The maximum absolute atomic E-state index is 3.96. The fourth-order valence-corrected chi connectivity index (χ4v) is 4.60. The van der Waals surface area contributed by atoms with Gasteiger partial charge in [0.25, 0.3) is 0 Å². The number of rotatable bonds is 2. The third kappa shape index (κ3) is 2.53. The first kappa shape index (κ1) is 17.3. The lowest BCUT2D eigenvalue weighted by Crippen LogP contribution is -2.34. The molecule has 0 bridgehead atoms. The molecule has 3 rings (SSSR count). The summed E-state index contributed by atoms with van der Waals surface area (Å²) >= 11 is 0. The summed E-state index contributed by atoms with van der Waals surface area (Å²) in [6.07, 6.45) is 0. The summed E-state index contributed by atoms with van der Waals surface area (Å²) in [6.45, 7) is 18.8. The lowest BCUT2D eigenvalue weighted by molar-refractivity contribution is 0.320. The monoisotopic (exact) mass is 323 g/mol. The van der Waals surface area contributed by atoms with Crippen LogP contribution in [0, 0.1) is 18.3 Å². The van der Waals surface area contributed by atoms with E-state index in [0.717, 1.165) is 0 Å². The number of hydrogen-bond acceptors (Lipinski definition) is 1. The summed E-state index contributed by atoms with van der Waals surface area (Å²) in [6, 6.07) is 9.47. The van der Waals surface area contributed by atoms with Crippen LogP contribution >= 0.6 is 0 Å². The van der Waals surface area contributed by atoms with E-state index in [2.05, 4.69) is 85.0 Å². The predicted octanol–water partition coefficient (Wildman–Crippen LogP) is 6.85. The van der Waals surface area contributed by atoms with Crippen LogP contribution in [0.2, 0.25) is 0 Å². The van der Waals surface area contributed by atoms with Gasteiger partial charge in [0.15, 0.2) is 0 Å². The molecule has 0 saturated carbocycles. The molecule has 0 aromatic heterocycles. The van der Waals surface area contributed by atoms with Crippen LogP contribution in [0.5, 0.6) is 0 Å². The second-order valence-electron chi connectivity index (χ2n) is 9.18. The number of benzene rings is 2. The van der Waals surface area contributed by atoms with Crippen molar-refractivity contribution >= 4 is 16.5 Å². The van der Waals surface area contributed by atoms with E-state index in [-0.39, 0.29) is 5.41 Å². The van der Waals surface area contributed by atoms with E-state index in [1.54, 1.807) is 5.56 Å². The molecule has 0 fully saturated rings. The Labute approximate surface area is 147 Å². The molecule has 0 spiro atoms. The van der Waals surface area contributed by atoms with Crippen molar-refractivity contribution in [2.24, 2.45) is 11.3 Å². The molecule has 2 aromatic rings. The van der Waals surface area contributed by atoms with Gasteiger partial charge < -0.3 is 5.32 Å². The molecule has 3 atom stereocenters. The van der Waals surface area contributed by atoms with Crippen LogP contribution in [0.4, 0.5) is 5.69 Å². The first-order chi connectivity index (χ1) is 11.1. The number of aryl methyl sites for hydroxylation is 1. The Balaban J connectivity index is 2.34. The number of hydrogen-bond donors (Lipinski definition) is 1. The van der Waals surface area contributed by atoms with Crippen molar-refractivity contribution < 1.29 is 0 Å². The molecule has 1 unspecified atom stereocenters. The second-order valence-corrected chi connectivity index (χ2v) is 9.18. The van der Waals surface area contributed by atoms with Crippen molar-refractivity contribution in [2.75, 3.05) is 5.32 Å². The van der Waals surface area contributed by atoms with E-state index in [9.17, 15) is 0 Å². The predicted molar refractivity (Wildman–Crippen MR) is 107 cm³/mol. The van der Waals surface area contributed by atoms with Crippen molar-refractivity contribution in [3.63, 3.8) is 0 Å². The standard InChI is InChI=1S/C23H33N/c1-13(2)14(3)19-15(4)17-11-9-10-12-18(17)20-16(5)22(23(6,7)8)24-21(19)20/h9-14,16,22,24H,1-8H3/t14-,16+,22?/m1/s1. The van der Waals surface area contributed by atoms with Crippen molar-refractivity contribution in [1.29, 1.82) is 0 Å². The van der Waals surface area contributed by atoms with Gasteiger partial charge in [-0.15, -0.1) is 0 Å². The molecular formula is C23H33N. The smallest absolute Gasteiger partial charge is 0.0423 e. The average Bonchev–Trinajstić information content (AvgIpc) is 2.85. The molecule has 130 valence electrons. The van der Waals surface area contributed by atoms with Gasteiger partial charge in [-0.2, -0.15) is 0 Å². The Morgan fingerprint density at radius 1 is 1.00 bits per heavy atom. The highest BCUT2D eigenvalue weighted by Crippen LogP contribution is 2.51. The van der Waals surface area contributed by atoms with Gasteiger partial charge >= 0.3 is 0 Å². The molecule has 1 heteroatoms. The third-order valence-corrected chi connectivity index (χ3v) is 6.21. The van der Waals surface area contributed by atoms with Crippen LogP contribution in [0.1, 0.15) is 77.0 Å². The molecule has 1 nitrogen and oxygen atoms in total. The summed E-state index contributed by atoms with van der Waals surface area (Å²) in [5, 5.41) is 6.84. The van der Waals surface area contributed by atoms with Crippen molar-refractivity contribution in [1.82, 2.24) is 0 Å². The lowest BCUT2D eigenvalue weighted by Gasteiger charge is -2.31. The normalized spacial score (nSPS) is 21.9. The zero-order valence-electron chi connectivity index (χ0n) is 16.6. The minimum atomic E-state index is 0.242. The van der Waals surface area contributed by atoms with Gasteiger partial charge in [0.1, 0.15) is 0 Å². The van der Waals surface area contributed by atoms with E-state index >= 15 is 0 Å². The molecular weight excluding hydrogens is 290 g/mol. The van der Waals surface area contributed by atoms with E-state index in [1.165, 1.54) is 27.6 Å². The molecule has 0 aliphatic carbocycles. The lowest BCUT2D eigenvalue weighted by atomic mass is 9.77. The van der Waals surface area contributed by atoms with Gasteiger partial charge in [0.2, 0.25) is 0 Å². The van der Waals surface area contributed by atoms with Gasteiger partial charge in [-0.25, -0.2) is 0 Å². The highest BCUT2D eigenvalue weighted by molar-refractivity contribution is 5.97. The van der Waals surface area contributed by atoms with Crippen molar-refractivity contribution in [3.8, 4) is 0 Å². The molecule has 2 aromatic carbocycles. The third-order valence-electron chi connectivity index (χ3n) is 6.21. The van der Waals surface area contributed by atoms with E-state index in [4.69, 9.17) is 0 Å². The van der Waals surface area contributed by atoms with Crippen LogP contribution < -0.4 is 5.32 Å². The van der Waals surface area contributed by atoms with Gasteiger partial charge in [-0.05, 0) is 51.6 Å². The molecule has 0 saturated heterocycles. The maximum Gasteiger partial charge on any atom is 0.0423 e. The average molecular weight is 324 g/mol. The highest BCUT2D eigenvalue weighted by atomic mass is 15.0. The molecule has 1 aliphatic heterocycles. The second kappa shape index (κ2) is 5.79. The Morgan fingerprint density at radius 2 is 1.58 bits per heavy atom. The molecule has 0 radical (unpaired) electrons. The fourth-order valence-electron chi connectivity index (χ4n) is 4.60. The molecule has 1 N–H and O–H groups in total. The van der Waals surface area contributed by atoms with Gasteiger partial charge in [0, 0.05) is 17.6 Å². The quantitative estimate of drug-likeness (QED) is 0.637. The van der Waals surface area contributed by atoms with E-state index in [0.29, 0.717) is 23.8 Å². The van der Waals surface area contributed by atoms with E-state index < -0.39 is 0 Å². The largest absolute Gasteiger partial charge is 0.381 e. The van der Waals surface area contributed by atoms with Crippen LogP contribution in [0.15, 0.2) is 24.3 Å². The highest BCUT2D eigenvalue weighted by Gasteiger charge is 2.40. The van der Waals surface area contributed by atoms with Crippen LogP contribution in [0.3, 0.4) is 0 Å². The Bertz CT molecular complexity index is 764. The summed E-state index contributed by atoms with van der Waals surface area (Å²) in [4.78, 5) is 0. The van der Waals surface area contributed by atoms with Crippen LogP contribution in [0.25, 0.3) is 10.8 Å². The molecule has 1 aliphatic rings. The van der Waals surface area contributed by atoms with Crippen molar-refractivity contribution in [2.45, 2.75) is 73.3 Å². The summed E-state index contributed by atoms with van der Waals surface area (Å²) in [5.41, 5.74) is 6.21. The Hall–Kier alpha value is -1.50. The van der Waals surface area contributed by atoms with Crippen LogP contribution in [-0.2, 0) is 0 Å². The Kier molecular flexibility index (Phi) is 4.18. The van der Waals surface area contributed by atoms with Gasteiger partial charge in [0.05, 0.1) is 0 Å². The van der Waals surface area contributed by atoms with Crippen molar-refractivity contribution in [3.05, 3.63) is 41.0 Å². The molecule has 24 heavy (non-hydrogen) atoms. The topological polar surface area (TPSA) is 12.0 Å². The van der Waals surface area contributed by atoms with Crippen LogP contribution in [-0.4, -0.2) is 6.04 Å². The number of nitrogens with one attached hydrogen (secondary N) is 1. The minimum Gasteiger partial charge on any atom is -0.381 e.